The number of hydrogen-bond acceptors (Lipinski definition) is 2. The van der Waals surface area contributed by atoms with Crippen LogP contribution in [-0.2, 0) is 0 Å². The van der Waals surface area contributed by atoms with Gasteiger partial charge in [0.2, 0.25) is 0 Å². The summed E-state index contributed by atoms with van der Waals surface area (Å²) in [5, 5.41) is 3.50. The lowest BCUT2D eigenvalue weighted by atomic mass is 9.95. The fourth-order valence-electron chi connectivity index (χ4n) is 2.86. The standard InChI is InChI=1S/C14H30N2/c1-5-12(3)14(15-4)11-16-10-8-7-9-13(16)6-2/h12-15H,5-11H2,1-4H3. The van der Waals surface area contributed by atoms with E-state index in [0.29, 0.717) is 6.04 Å². The maximum Gasteiger partial charge on any atom is 0.0217 e. The van der Waals surface area contributed by atoms with Crippen LogP contribution in [0.4, 0.5) is 0 Å². The Morgan fingerprint density at radius 2 is 2.06 bits per heavy atom. The van der Waals surface area contributed by atoms with Crippen LogP contribution in [-0.4, -0.2) is 37.1 Å². The molecular weight excluding hydrogens is 196 g/mol. The first-order chi connectivity index (χ1) is 7.72. The molecule has 0 radical (unpaired) electrons. The molecule has 1 saturated heterocycles. The second-order valence-corrected chi connectivity index (χ2v) is 5.33. The van der Waals surface area contributed by atoms with Gasteiger partial charge in [0.05, 0.1) is 0 Å². The fourth-order valence-corrected chi connectivity index (χ4v) is 2.86. The van der Waals surface area contributed by atoms with Crippen LogP contribution in [0.2, 0.25) is 0 Å². The Hall–Kier alpha value is -0.0800. The molecule has 2 nitrogen and oxygen atoms in total. The van der Waals surface area contributed by atoms with Crippen molar-refractivity contribution in [2.45, 2.75) is 65.0 Å². The summed E-state index contributed by atoms with van der Waals surface area (Å²) in [4.78, 5) is 2.72. The molecule has 3 atom stereocenters. The fraction of sp³-hybridized carbons (Fsp3) is 1.00. The van der Waals surface area contributed by atoms with E-state index in [-0.39, 0.29) is 0 Å². The van der Waals surface area contributed by atoms with Crippen molar-refractivity contribution in [3.05, 3.63) is 0 Å². The van der Waals surface area contributed by atoms with Gasteiger partial charge < -0.3 is 5.32 Å². The van der Waals surface area contributed by atoms with Gasteiger partial charge in [0.1, 0.15) is 0 Å². The van der Waals surface area contributed by atoms with Gasteiger partial charge in [-0.05, 0) is 38.8 Å². The normalized spacial score (nSPS) is 26.6. The third-order valence-electron chi connectivity index (χ3n) is 4.35. The van der Waals surface area contributed by atoms with Gasteiger partial charge in [-0.15, -0.1) is 0 Å². The van der Waals surface area contributed by atoms with Crippen molar-refractivity contribution in [3.63, 3.8) is 0 Å². The van der Waals surface area contributed by atoms with E-state index in [1.165, 1.54) is 45.2 Å². The van der Waals surface area contributed by atoms with Crippen LogP contribution in [0, 0.1) is 5.92 Å². The van der Waals surface area contributed by atoms with Gasteiger partial charge in [-0.25, -0.2) is 0 Å². The summed E-state index contributed by atoms with van der Waals surface area (Å²) in [5.74, 6) is 0.782. The van der Waals surface area contributed by atoms with Gasteiger partial charge in [-0.3, -0.25) is 4.90 Å². The number of hydrogen-bond donors (Lipinski definition) is 1. The van der Waals surface area contributed by atoms with Crippen molar-refractivity contribution in [2.75, 3.05) is 20.1 Å². The zero-order chi connectivity index (χ0) is 12.0. The number of nitrogens with zero attached hydrogens (tertiary/aromatic N) is 1. The van der Waals surface area contributed by atoms with E-state index in [4.69, 9.17) is 0 Å². The molecule has 0 bridgehead atoms. The molecule has 2 heteroatoms. The highest BCUT2D eigenvalue weighted by atomic mass is 15.2. The Balaban J connectivity index is 2.48. The van der Waals surface area contributed by atoms with E-state index < -0.39 is 0 Å². The molecule has 0 aromatic heterocycles. The zero-order valence-corrected chi connectivity index (χ0v) is 11.6. The molecule has 96 valence electrons. The molecule has 1 aliphatic heterocycles. The van der Waals surface area contributed by atoms with E-state index in [1.807, 2.05) is 0 Å². The highest BCUT2D eigenvalue weighted by Crippen LogP contribution is 2.21. The van der Waals surface area contributed by atoms with Gasteiger partial charge in [0, 0.05) is 18.6 Å². The average Bonchev–Trinajstić information content (AvgIpc) is 2.35. The predicted molar refractivity (Wildman–Crippen MR) is 71.8 cm³/mol. The van der Waals surface area contributed by atoms with Crippen LogP contribution in [0.3, 0.4) is 0 Å². The average molecular weight is 226 g/mol. The van der Waals surface area contributed by atoms with Crippen molar-refractivity contribution in [1.29, 1.82) is 0 Å². The van der Waals surface area contributed by atoms with Gasteiger partial charge >= 0.3 is 0 Å². The van der Waals surface area contributed by atoms with Crippen LogP contribution in [0.25, 0.3) is 0 Å². The minimum atomic E-state index is 0.664. The summed E-state index contributed by atoms with van der Waals surface area (Å²) in [7, 11) is 2.11. The topological polar surface area (TPSA) is 15.3 Å². The van der Waals surface area contributed by atoms with Crippen molar-refractivity contribution in [1.82, 2.24) is 10.2 Å². The third-order valence-corrected chi connectivity index (χ3v) is 4.35. The number of nitrogens with one attached hydrogen (secondary N) is 1. The SMILES string of the molecule is CCC(C)C(CN1CCCCC1CC)NC. The molecule has 0 saturated carbocycles. The largest absolute Gasteiger partial charge is 0.315 e. The Labute approximate surface area is 102 Å². The second kappa shape index (κ2) is 7.29. The highest BCUT2D eigenvalue weighted by Gasteiger charge is 2.24. The summed E-state index contributed by atoms with van der Waals surface area (Å²) in [5.41, 5.74) is 0. The second-order valence-electron chi connectivity index (χ2n) is 5.33. The van der Waals surface area contributed by atoms with Gasteiger partial charge in [0.15, 0.2) is 0 Å². The summed E-state index contributed by atoms with van der Waals surface area (Å²) in [6.07, 6.45) is 6.83. The Morgan fingerprint density at radius 1 is 1.31 bits per heavy atom. The maximum absolute atomic E-state index is 3.50. The zero-order valence-electron chi connectivity index (χ0n) is 11.6. The molecule has 1 rings (SSSR count). The first-order valence-electron chi connectivity index (χ1n) is 7.14. The molecule has 0 spiro atoms. The molecule has 1 N–H and O–H groups in total. The summed E-state index contributed by atoms with van der Waals surface area (Å²) >= 11 is 0. The van der Waals surface area contributed by atoms with Crippen LogP contribution < -0.4 is 5.32 Å². The van der Waals surface area contributed by atoms with Crippen molar-refractivity contribution in [2.24, 2.45) is 5.92 Å². The van der Waals surface area contributed by atoms with E-state index in [2.05, 4.69) is 38.0 Å². The quantitative estimate of drug-likeness (QED) is 0.749. The third kappa shape index (κ3) is 3.74. The molecule has 0 aromatic rings. The maximum atomic E-state index is 3.50. The van der Waals surface area contributed by atoms with Crippen LogP contribution in [0.15, 0.2) is 0 Å². The van der Waals surface area contributed by atoms with E-state index in [9.17, 15) is 0 Å². The molecule has 1 fully saturated rings. The molecule has 0 amide bonds. The van der Waals surface area contributed by atoms with E-state index in [1.54, 1.807) is 0 Å². The Morgan fingerprint density at radius 3 is 2.62 bits per heavy atom. The lowest BCUT2D eigenvalue weighted by Crippen LogP contribution is -2.48. The van der Waals surface area contributed by atoms with Crippen LogP contribution in [0.5, 0.6) is 0 Å². The molecular formula is C14H30N2. The Kier molecular flexibility index (Phi) is 6.37. The summed E-state index contributed by atoms with van der Waals surface area (Å²) in [6.45, 7) is 9.55. The van der Waals surface area contributed by atoms with E-state index in [0.717, 1.165) is 12.0 Å². The smallest absolute Gasteiger partial charge is 0.0217 e. The number of piperidine rings is 1. The minimum Gasteiger partial charge on any atom is -0.315 e. The Bertz CT molecular complexity index is 182. The molecule has 0 aromatic carbocycles. The monoisotopic (exact) mass is 226 g/mol. The summed E-state index contributed by atoms with van der Waals surface area (Å²) < 4.78 is 0. The van der Waals surface area contributed by atoms with Gasteiger partial charge in [0.25, 0.3) is 0 Å². The molecule has 1 heterocycles. The molecule has 1 aliphatic rings. The summed E-state index contributed by atoms with van der Waals surface area (Å²) in [6, 6.07) is 1.51. The molecule has 16 heavy (non-hydrogen) atoms. The van der Waals surface area contributed by atoms with Crippen molar-refractivity contribution in [3.8, 4) is 0 Å². The molecule has 3 unspecified atom stereocenters. The van der Waals surface area contributed by atoms with Crippen LogP contribution >= 0.6 is 0 Å². The minimum absolute atomic E-state index is 0.664. The number of likely N-dealkylation sites (N-methyl/N-ethyl adjacent to an activating group) is 1. The van der Waals surface area contributed by atoms with Gasteiger partial charge in [-0.2, -0.15) is 0 Å². The number of likely N-dealkylation sites (tertiary alicyclic amines) is 1. The van der Waals surface area contributed by atoms with Crippen molar-refractivity contribution >= 4 is 0 Å². The van der Waals surface area contributed by atoms with E-state index >= 15 is 0 Å². The van der Waals surface area contributed by atoms with Gasteiger partial charge in [-0.1, -0.05) is 33.6 Å². The lowest BCUT2D eigenvalue weighted by molar-refractivity contribution is 0.119. The lowest BCUT2D eigenvalue weighted by Gasteiger charge is -2.38. The van der Waals surface area contributed by atoms with Crippen molar-refractivity contribution < 1.29 is 0 Å². The predicted octanol–water partition coefficient (Wildman–Crippen LogP) is 2.89. The van der Waals surface area contributed by atoms with Crippen LogP contribution in [0.1, 0.15) is 52.9 Å². The molecule has 0 aliphatic carbocycles. The first kappa shape index (κ1) is 14.0. The number of rotatable bonds is 6. The highest BCUT2D eigenvalue weighted by molar-refractivity contribution is 4.82. The first-order valence-corrected chi connectivity index (χ1v) is 7.14.